The normalized spacial score (nSPS) is 13.9. The van der Waals surface area contributed by atoms with Crippen LogP contribution in [0.4, 0.5) is 13.2 Å². The number of aromatic hydroxyl groups is 1. The molecule has 0 spiro atoms. The van der Waals surface area contributed by atoms with Crippen LogP contribution in [0, 0.1) is 0 Å². The predicted molar refractivity (Wildman–Crippen MR) is 50.3 cm³/mol. The van der Waals surface area contributed by atoms with Crippen LogP contribution >= 0.6 is 0 Å². The van der Waals surface area contributed by atoms with Crippen LogP contribution in [-0.2, 0) is 6.18 Å². The van der Waals surface area contributed by atoms with E-state index in [1.165, 1.54) is 12.1 Å². The van der Waals surface area contributed by atoms with Crippen LogP contribution in [0.1, 0.15) is 30.5 Å². The van der Waals surface area contributed by atoms with Crippen LogP contribution in [0.5, 0.6) is 5.75 Å². The van der Waals surface area contributed by atoms with Gasteiger partial charge in [-0.3, -0.25) is 0 Å². The number of benzene rings is 1. The Kier molecular flexibility index (Phi) is 3.24. The monoisotopic (exact) mass is 219 g/mol. The number of nitrogens with two attached hydrogens (primary N) is 1. The molecule has 0 aromatic heterocycles. The number of phenols is 1. The molecule has 0 amide bonds. The summed E-state index contributed by atoms with van der Waals surface area (Å²) in [4.78, 5) is 0. The molecule has 0 bridgehead atoms. The van der Waals surface area contributed by atoms with E-state index in [9.17, 15) is 18.3 Å². The summed E-state index contributed by atoms with van der Waals surface area (Å²) in [5.74, 6) is -0.764. The molecule has 1 rings (SSSR count). The third kappa shape index (κ3) is 2.41. The topological polar surface area (TPSA) is 46.2 Å². The average Bonchev–Trinajstić information content (AvgIpc) is 2.15. The van der Waals surface area contributed by atoms with Gasteiger partial charge in [-0.05, 0) is 12.5 Å². The van der Waals surface area contributed by atoms with E-state index in [0.717, 1.165) is 6.07 Å². The zero-order valence-electron chi connectivity index (χ0n) is 8.17. The Balaban J connectivity index is 3.23. The molecule has 0 saturated carbocycles. The third-order valence-corrected chi connectivity index (χ3v) is 2.21. The molecule has 1 aromatic rings. The van der Waals surface area contributed by atoms with Crippen LogP contribution in [0.15, 0.2) is 18.2 Å². The Morgan fingerprint density at radius 3 is 2.47 bits per heavy atom. The van der Waals surface area contributed by atoms with Crippen molar-refractivity contribution >= 4 is 0 Å². The summed E-state index contributed by atoms with van der Waals surface area (Å²) in [5.41, 5.74) is 4.67. The fourth-order valence-electron chi connectivity index (χ4n) is 1.31. The van der Waals surface area contributed by atoms with E-state index in [1.54, 1.807) is 6.92 Å². The molecular formula is C10H12F3NO. The third-order valence-electron chi connectivity index (χ3n) is 2.21. The van der Waals surface area contributed by atoms with Crippen molar-refractivity contribution in [2.75, 3.05) is 0 Å². The molecule has 1 atom stereocenters. The SMILES string of the molecule is CC[C@@H](N)c1cccc(C(F)(F)F)c1O. The minimum absolute atomic E-state index is 0.132. The summed E-state index contributed by atoms with van der Waals surface area (Å²) in [6.45, 7) is 1.74. The first-order chi connectivity index (χ1) is 6.88. The number of alkyl halides is 3. The van der Waals surface area contributed by atoms with Gasteiger partial charge in [-0.1, -0.05) is 19.1 Å². The number of para-hydroxylation sites is 1. The van der Waals surface area contributed by atoms with Crippen molar-refractivity contribution in [1.82, 2.24) is 0 Å². The van der Waals surface area contributed by atoms with Crippen LogP contribution < -0.4 is 5.73 Å². The lowest BCUT2D eigenvalue weighted by atomic mass is 10.0. The van der Waals surface area contributed by atoms with Crippen LogP contribution in [0.25, 0.3) is 0 Å². The van der Waals surface area contributed by atoms with Gasteiger partial charge in [-0.25, -0.2) is 0 Å². The van der Waals surface area contributed by atoms with Gasteiger partial charge in [0.25, 0.3) is 0 Å². The van der Waals surface area contributed by atoms with Crippen LogP contribution in [0.3, 0.4) is 0 Å². The lowest BCUT2D eigenvalue weighted by Gasteiger charge is -2.15. The maximum Gasteiger partial charge on any atom is 0.419 e. The number of rotatable bonds is 2. The number of halogens is 3. The van der Waals surface area contributed by atoms with Gasteiger partial charge in [0.05, 0.1) is 5.56 Å². The lowest BCUT2D eigenvalue weighted by Crippen LogP contribution is -2.12. The molecule has 3 N–H and O–H groups in total. The minimum Gasteiger partial charge on any atom is -0.507 e. The maximum absolute atomic E-state index is 12.4. The highest BCUT2D eigenvalue weighted by Crippen LogP contribution is 2.39. The summed E-state index contributed by atoms with van der Waals surface area (Å²) in [5, 5.41) is 9.43. The van der Waals surface area contributed by atoms with Gasteiger partial charge < -0.3 is 10.8 Å². The average molecular weight is 219 g/mol. The number of hydrogen-bond donors (Lipinski definition) is 2. The Morgan fingerprint density at radius 1 is 1.40 bits per heavy atom. The van der Waals surface area contributed by atoms with Gasteiger partial charge in [0.15, 0.2) is 0 Å². The summed E-state index contributed by atoms with van der Waals surface area (Å²) < 4.78 is 37.2. The molecule has 2 nitrogen and oxygen atoms in total. The molecule has 15 heavy (non-hydrogen) atoms. The highest BCUT2D eigenvalue weighted by molar-refractivity contribution is 5.43. The highest BCUT2D eigenvalue weighted by atomic mass is 19.4. The second-order valence-electron chi connectivity index (χ2n) is 3.26. The number of hydrogen-bond acceptors (Lipinski definition) is 2. The summed E-state index contributed by atoms with van der Waals surface area (Å²) in [6, 6.07) is 2.90. The second kappa shape index (κ2) is 4.10. The van der Waals surface area contributed by atoms with Crippen molar-refractivity contribution < 1.29 is 18.3 Å². The van der Waals surface area contributed by atoms with Gasteiger partial charge in [-0.2, -0.15) is 13.2 Å². The van der Waals surface area contributed by atoms with Gasteiger partial charge in [-0.15, -0.1) is 0 Å². The van der Waals surface area contributed by atoms with Gasteiger partial charge in [0.2, 0.25) is 0 Å². The zero-order valence-corrected chi connectivity index (χ0v) is 8.17. The van der Waals surface area contributed by atoms with Crippen molar-refractivity contribution in [2.45, 2.75) is 25.6 Å². The Labute approximate surface area is 85.5 Å². The van der Waals surface area contributed by atoms with Crippen molar-refractivity contribution in [1.29, 1.82) is 0 Å². The number of phenolic OH excluding ortho intramolecular Hbond substituents is 1. The predicted octanol–water partition coefficient (Wildman–Crippen LogP) is 2.82. The fraction of sp³-hybridized carbons (Fsp3) is 0.400. The van der Waals surface area contributed by atoms with Gasteiger partial charge >= 0.3 is 6.18 Å². The van der Waals surface area contributed by atoms with E-state index in [-0.39, 0.29) is 5.56 Å². The first-order valence-electron chi connectivity index (χ1n) is 4.52. The van der Waals surface area contributed by atoms with Crippen molar-refractivity contribution in [3.8, 4) is 5.75 Å². The Morgan fingerprint density at radius 2 is 2.00 bits per heavy atom. The standard InChI is InChI=1S/C10H12F3NO/c1-2-8(14)6-4-3-5-7(9(6)15)10(11,12)13/h3-5,8,15H,2,14H2,1H3/t8-/m1/s1. The van der Waals surface area contributed by atoms with E-state index in [0.29, 0.717) is 6.42 Å². The molecule has 0 aliphatic heterocycles. The molecular weight excluding hydrogens is 207 g/mol. The summed E-state index contributed by atoms with van der Waals surface area (Å²) in [7, 11) is 0. The first-order valence-corrected chi connectivity index (χ1v) is 4.52. The second-order valence-corrected chi connectivity index (χ2v) is 3.26. The summed E-state index contributed by atoms with van der Waals surface area (Å²) in [6.07, 6.45) is -4.08. The van der Waals surface area contributed by atoms with Crippen molar-refractivity contribution in [3.63, 3.8) is 0 Å². The highest BCUT2D eigenvalue weighted by Gasteiger charge is 2.34. The van der Waals surface area contributed by atoms with Crippen molar-refractivity contribution in [3.05, 3.63) is 29.3 Å². The minimum atomic E-state index is -4.55. The van der Waals surface area contributed by atoms with Crippen molar-refractivity contribution in [2.24, 2.45) is 5.73 Å². The molecule has 0 heterocycles. The smallest absolute Gasteiger partial charge is 0.419 e. The molecule has 5 heteroatoms. The maximum atomic E-state index is 12.4. The molecule has 0 aliphatic rings. The molecule has 0 unspecified atom stereocenters. The Hall–Kier alpha value is -1.23. The van der Waals surface area contributed by atoms with Crippen LogP contribution in [-0.4, -0.2) is 5.11 Å². The quantitative estimate of drug-likeness (QED) is 0.803. The molecule has 0 fully saturated rings. The first kappa shape index (κ1) is 11.8. The zero-order chi connectivity index (χ0) is 11.6. The molecule has 0 radical (unpaired) electrons. The molecule has 84 valence electrons. The van der Waals surface area contributed by atoms with Gasteiger partial charge in [0, 0.05) is 11.6 Å². The van der Waals surface area contributed by atoms with E-state index < -0.39 is 23.5 Å². The van der Waals surface area contributed by atoms with E-state index in [1.807, 2.05) is 0 Å². The Bertz CT molecular complexity index is 349. The largest absolute Gasteiger partial charge is 0.507 e. The molecule has 0 aliphatic carbocycles. The lowest BCUT2D eigenvalue weighted by molar-refractivity contribution is -0.138. The van der Waals surface area contributed by atoms with E-state index in [4.69, 9.17) is 5.73 Å². The van der Waals surface area contributed by atoms with Crippen LogP contribution in [0.2, 0.25) is 0 Å². The molecule has 1 aromatic carbocycles. The fourth-order valence-corrected chi connectivity index (χ4v) is 1.31. The van der Waals surface area contributed by atoms with E-state index in [2.05, 4.69) is 0 Å². The van der Waals surface area contributed by atoms with Gasteiger partial charge in [0.1, 0.15) is 5.75 Å². The summed E-state index contributed by atoms with van der Waals surface area (Å²) >= 11 is 0. The van der Waals surface area contributed by atoms with E-state index >= 15 is 0 Å². The molecule has 0 saturated heterocycles.